The molecular formula is C11H9ClN4. The van der Waals surface area contributed by atoms with Crippen LogP contribution in [0.25, 0.3) is 0 Å². The predicted molar refractivity (Wildman–Crippen MR) is 62.1 cm³/mol. The number of H-pyrrole nitrogens is 1. The molecule has 16 heavy (non-hydrogen) atoms. The number of halogens is 1. The lowest BCUT2D eigenvalue weighted by molar-refractivity contribution is 1.09. The van der Waals surface area contributed by atoms with Crippen LogP contribution >= 0.6 is 11.6 Å². The second-order valence-electron chi connectivity index (χ2n) is 3.26. The number of benzene rings is 1. The highest BCUT2D eigenvalue weighted by molar-refractivity contribution is 6.30. The van der Waals surface area contributed by atoms with E-state index in [1.807, 2.05) is 0 Å². The van der Waals surface area contributed by atoms with Crippen LogP contribution in [0.4, 0.5) is 5.69 Å². The third kappa shape index (κ3) is 2.33. The second kappa shape index (κ2) is 4.69. The second-order valence-corrected chi connectivity index (χ2v) is 3.70. The van der Waals surface area contributed by atoms with E-state index < -0.39 is 0 Å². The SMILES string of the molecule is N#Cc1ccc(Cl)cc1NCc1cn[nH]c1. The van der Waals surface area contributed by atoms with E-state index in [2.05, 4.69) is 21.6 Å². The van der Waals surface area contributed by atoms with Gasteiger partial charge >= 0.3 is 0 Å². The van der Waals surface area contributed by atoms with Crippen molar-refractivity contribution in [2.24, 2.45) is 0 Å². The number of nitrogens with zero attached hydrogens (tertiary/aromatic N) is 2. The van der Waals surface area contributed by atoms with Crippen molar-refractivity contribution in [1.29, 1.82) is 5.26 Å². The molecule has 0 aliphatic rings. The van der Waals surface area contributed by atoms with Crippen LogP contribution in [-0.2, 0) is 6.54 Å². The van der Waals surface area contributed by atoms with Crippen LogP contribution in [0.2, 0.25) is 5.02 Å². The smallest absolute Gasteiger partial charge is 0.101 e. The Morgan fingerprint density at radius 3 is 3.06 bits per heavy atom. The molecule has 0 aliphatic heterocycles. The zero-order chi connectivity index (χ0) is 11.4. The number of hydrogen-bond acceptors (Lipinski definition) is 3. The van der Waals surface area contributed by atoms with E-state index in [1.165, 1.54) is 0 Å². The summed E-state index contributed by atoms with van der Waals surface area (Å²) in [6.07, 6.45) is 3.52. The maximum Gasteiger partial charge on any atom is 0.101 e. The van der Waals surface area contributed by atoms with Crippen LogP contribution < -0.4 is 5.32 Å². The Hall–Kier alpha value is -1.99. The van der Waals surface area contributed by atoms with Gasteiger partial charge in [0.2, 0.25) is 0 Å². The van der Waals surface area contributed by atoms with Crippen molar-refractivity contribution in [2.45, 2.75) is 6.54 Å². The maximum absolute atomic E-state index is 8.91. The van der Waals surface area contributed by atoms with Crippen molar-refractivity contribution in [2.75, 3.05) is 5.32 Å². The summed E-state index contributed by atoms with van der Waals surface area (Å²) in [5.74, 6) is 0. The lowest BCUT2D eigenvalue weighted by Gasteiger charge is -2.06. The number of aromatic amines is 1. The van der Waals surface area contributed by atoms with E-state index in [0.717, 1.165) is 11.3 Å². The predicted octanol–water partition coefficient (Wildman–Crippen LogP) is 2.55. The zero-order valence-electron chi connectivity index (χ0n) is 8.37. The first kappa shape index (κ1) is 10.5. The van der Waals surface area contributed by atoms with Crippen molar-refractivity contribution in [3.8, 4) is 6.07 Å². The summed E-state index contributed by atoms with van der Waals surface area (Å²) in [6.45, 7) is 0.603. The number of rotatable bonds is 3. The molecule has 0 aliphatic carbocycles. The van der Waals surface area contributed by atoms with Gasteiger partial charge in [0.15, 0.2) is 0 Å². The van der Waals surface area contributed by atoms with Crippen LogP contribution in [0.5, 0.6) is 0 Å². The Morgan fingerprint density at radius 1 is 1.50 bits per heavy atom. The number of aromatic nitrogens is 2. The molecule has 1 heterocycles. The molecule has 4 nitrogen and oxygen atoms in total. The fourth-order valence-electron chi connectivity index (χ4n) is 1.33. The van der Waals surface area contributed by atoms with Gasteiger partial charge in [-0.1, -0.05) is 11.6 Å². The van der Waals surface area contributed by atoms with Gasteiger partial charge in [0, 0.05) is 23.3 Å². The van der Waals surface area contributed by atoms with Gasteiger partial charge in [-0.2, -0.15) is 10.4 Å². The molecule has 2 N–H and O–H groups in total. The molecule has 0 spiro atoms. The van der Waals surface area contributed by atoms with E-state index >= 15 is 0 Å². The van der Waals surface area contributed by atoms with Gasteiger partial charge in [-0.3, -0.25) is 5.10 Å². The summed E-state index contributed by atoms with van der Waals surface area (Å²) in [5.41, 5.74) is 2.33. The number of hydrogen-bond donors (Lipinski definition) is 2. The summed E-state index contributed by atoms with van der Waals surface area (Å²) in [4.78, 5) is 0. The highest BCUT2D eigenvalue weighted by Gasteiger charge is 2.02. The summed E-state index contributed by atoms with van der Waals surface area (Å²) in [7, 11) is 0. The average Bonchev–Trinajstić information content (AvgIpc) is 2.79. The van der Waals surface area contributed by atoms with Gasteiger partial charge in [-0.25, -0.2) is 0 Å². The zero-order valence-corrected chi connectivity index (χ0v) is 9.12. The molecule has 0 amide bonds. The molecule has 0 fully saturated rings. The molecule has 0 radical (unpaired) electrons. The Balaban J connectivity index is 2.15. The van der Waals surface area contributed by atoms with Gasteiger partial charge in [0.25, 0.3) is 0 Å². The van der Waals surface area contributed by atoms with Crippen molar-refractivity contribution < 1.29 is 0 Å². The molecule has 0 saturated heterocycles. The van der Waals surface area contributed by atoms with Crippen molar-refractivity contribution in [3.63, 3.8) is 0 Å². The summed E-state index contributed by atoms with van der Waals surface area (Å²) in [6, 6.07) is 7.24. The molecule has 1 aromatic carbocycles. The van der Waals surface area contributed by atoms with Crippen LogP contribution in [-0.4, -0.2) is 10.2 Å². The molecule has 80 valence electrons. The number of nitriles is 1. The van der Waals surface area contributed by atoms with E-state index in [9.17, 15) is 0 Å². The highest BCUT2D eigenvalue weighted by Crippen LogP contribution is 2.20. The molecule has 5 heteroatoms. The van der Waals surface area contributed by atoms with Gasteiger partial charge in [-0.05, 0) is 18.2 Å². The Morgan fingerprint density at radius 2 is 2.38 bits per heavy atom. The fraction of sp³-hybridized carbons (Fsp3) is 0.0909. The first-order valence-corrected chi connectivity index (χ1v) is 5.08. The molecule has 2 aromatic rings. The number of nitrogens with one attached hydrogen (secondary N) is 2. The first-order chi connectivity index (χ1) is 7.79. The normalized spacial score (nSPS) is 9.75. The minimum atomic E-state index is 0.577. The average molecular weight is 233 g/mol. The third-order valence-corrected chi connectivity index (χ3v) is 2.37. The molecule has 1 aromatic heterocycles. The molecule has 0 bridgehead atoms. The van der Waals surface area contributed by atoms with E-state index in [4.69, 9.17) is 16.9 Å². The summed E-state index contributed by atoms with van der Waals surface area (Å²) in [5, 5.41) is 19.2. The largest absolute Gasteiger partial charge is 0.380 e. The van der Waals surface area contributed by atoms with Crippen molar-refractivity contribution in [1.82, 2.24) is 10.2 Å². The van der Waals surface area contributed by atoms with Crippen LogP contribution in [0.1, 0.15) is 11.1 Å². The van der Waals surface area contributed by atoms with E-state index in [-0.39, 0.29) is 0 Å². The quantitative estimate of drug-likeness (QED) is 0.855. The lowest BCUT2D eigenvalue weighted by Crippen LogP contribution is -2.00. The Kier molecular flexibility index (Phi) is 3.08. The monoisotopic (exact) mass is 232 g/mol. The Bertz CT molecular complexity index is 513. The van der Waals surface area contributed by atoms with Crippen LogP contribution in [0.15, 0.2) is 30.6 Å². The fourth-order valence-corrected chi connectivity index (χ4v) is 1.50. The third-order valence-electron chi connectivity index (χ3n) is 2.14. The van der Waals surface area contributed by atoms with Crippen molar-refractivity contribution >= 4 is 17.3 Å². The molecule has 0 unspecified atom stereocenters. The minimum Gasteiger partial charge on any atom is -0.380 e. The van der Waals surface area contributed by atoms with E-state index in [0.29, 0.717) is 17.1 Å². The van der Waals surface area contributed by atoms with Crippen LogP contribution in [0.3, 0.4) is 0 Å². The van der Waals surface area contributed by atoms with Crippen LogP contribution in [0, 0.1) is 11.3 Å². The number of anilines is 1. The Labute approximate surface area is 97.9 Å². The molecular weight excluding hydrogens is 224 g/mol. The topological polar surface area (TPSA) is 64.5 Å². The van der Waals surface area contributed by atoms with Gasteiger partial charge in [-0.15, -0.1) is 0 Å². The summed E-state index contributed by atoms with van der Waals surface area (Å²) < 4.78 is 0. The van der Waals surface area contributed by atoms with Crippen molar-refractivity contribution in [3.05, 3.63) is 46.7 Å². The van der Waals surface area contributed by atoms with Gasteiger partial charge in [0.05, 0.1) is 17.4 Å². The standard InChI is InChI=1S/C11H9ClN4/c12-10-2-1-9(4-13)11(3-10)14-5-8-6-15-16-7-8/h1-3,6-7,14H,5H2,(H,15,16). The first-order valence-electron chi connectivity index (χ1n) is 4.71. The lowest BCUT2D eigenvalue weighted by atomic mass is 10.2. The highest BCUT2D eigenvalue weighted by atomic mass is 35.5. The maximum atomic E-state index is 8.91. The van der Waals surface area contributed by atoms with Gasteiger partial charge in [0.1, 0.15) is 6.07 Å². The molecule has 0 atom stereocenters. The van der Waals surface area contributed by atoms with Gasteiger partial charge < -0.3 is 5.32 Å². The molecule has 2 rings (SSSR count). The van der Waals surface area contributed by atoms with E-state index in [1.54, 1.807) is 30.6 Å². The minimum absolute atomic E-state index is 0.577. The molecule has 0 saturated carbocycles. The summed E-state index contributed by atoms with van der Waals surface area (Å²) >= 11 is 5.87.